The van der Waals surface area contributed by atoms with Crippen LogP contribution in [-0.2, 0) is 15.9 Å². The average Bonchev–Trinajstić information content (AvgIpc) is 2.57. The van der Waals surface area contributed by atoms with Crippen LogP contribution in [0, 0.1) is 0 Å². The second-order valence-electron chi connectivity index (χ2n) is 9.00. The summed E-state index contributed by atoms with van der Waals surface area (Å²) in [6.07, 6.45) is -0.360. The van der Waals surface area contributed by atoms with E-state index in [9.17, 15) is 9.59 Å². The fraction of sp³-hybridized carbons (Fsp3) is 0.636. The van der Waals surface area contributed by atoms with Crippen LogP contribution in [0.3, 0.4) is 0 Å². The number of halogens is 1. The Bertz CT molecular complexity index is 726. The van der Waals surface area contributed by atoms with Crippen molar-refractivity contribution in [3.63, 3.8) is 0 Å². The van der Waals surface area contributed by atoms with Gasteiger partial charge >= 0.3 is 12.2 Å². The third-order valence-corrected chi connectivity index (χ3v) is 4.23. The largest absolute Gasteiger partial charge is 0.444 e. The maximum absolute atomic E-state index is 13.0. The van der Waals surface area contributed by atoms with Crippen LogP contribution in [0.2, 0.25) is 5.02 Å². The van der Waals surface area contributed by atoms with Crippen LogP contribution in [0.1, 0.15) is 54.0 Å². The zero-order chi connectivity index (χ0) is 23.1. The first-order valence-corrected chi connectivity index (χ1v) is 10.6. The van der Waals surface area contributed by atoms with Gasteiger partial charge < -0.3 is 20.1 Å². The molecule has 1 aromatic carbocycles. The van der Waals surface area contributed by atoms with E-state index in [4.69, 9.17) is 26.8 Å². The molecule has 0 fully saturated rings. The van der Waals surface area contributed by atoms with Crippen LogP contribution in [0.15, 0.2) is 18.2 Å². The molecule has 0 spiro atoms. The van der Waals surface area contributed by atoms with Crippen molar-refractivity contribution < 1.29 is 19.1 Å². The van der Waals surface area contributed by atoms with Crippen LogP contribution in [0.5, 0.6) is 0 Å². The first kappa shape index (κ1) is 26.0. The normalized spacial score (nSPS) is 11.8. The van der Waals surface area contributed by atoms with Crippen molar-refractivity contribution in [1.29, 1.82) is 0 Å². The Balaban J connectivity index is 3.18. The smallest absolute Gasteiger partial charge is 0.414 e. The molecular weight excluding hydrogens is 406 g/mol. The predicted octanol–water partition coefficient (Wildman–Crippen LogP) is 4.84. The van der Waals surface area contributed by atoms with Gasteiger partial charge in [-0.25, -0.2) is 9.59 Å². The van der Waals surface area contributed by atoms with Crippen molar-refractivity contribution in [2.24, 2.45) is 5.73 Å². The molecule has 0 saturated carbocycles. The molecule has 2 N–H and O–H groups in total. The van der Waals surface area contributed by atoms with E-state index in [1.165, 1.54) is 4.90 Å². The Morgan fingerprint density at radius 1 is 1.00 bits per heavy atom. The van der Waals surface area contributed by atoms with Crippen molar-refractivity contribution in [1.82, 2.24) is 4.90 Å². The summed E-state index contributed by atoms with van der Waals surface area (Å²) in [6.45, 7) is 14.1. The molecule has 0 aliphatic heterocycles. The molecule has 0 heterocycles. The Kier molecular flexibility index (Phi) is 9.43. The first-order chi connectivity index (χ1) is 13.8. The molecule has 7 nitrogen and oxygen atoms in total. The first-order valence-electron chi connectivity index (χ1n) is 10.2. The second kappa shape index (κ2) is 10.9. The molecule has 1 aromatic rings. The Hall–Kier alpha value is -1.99. The van der Waals surface area contributed by atoms with E-state index in [1.54, 1.807) is 37.8 Å². The van der Waals surface area contributed by atoms with Crippen molar-refractivity contribution in [2.45, 2.75) is 66.1 Å². The van der Waals surface area contributed by atoms with E-state index in [2.05, 4.69) is 0 Å². The lowest BCUT2D eigenvalue weighted by Gasteiger charge is -2.31. The summed E-state index contributed by atoms with van der Waals surface area (Å²) in [5.74, 6) is 0. The third kappa shape index (κ3) is 8.79. The Labute approximate surface area is 185 Å². The number of likely N-dealkylation sites (N-methyl/N-ethyl adjacent to an activating group) is 1. The molecule has 0 aliphatic rings. The van der Waals surface area contributed by atoms with Crippen molar-refractivity contribution in [3.8, 4) is 0 Å². The molecule has 0 bridgehead atoms. The number of carbonyl (C=O) groups excluding carboxylic acids is 2. The maximum atomic E-state index is 13.0. The van der Waals surface area contributed by atoms with Gasteiger partial charge in [-0.1, -0.05) is 17.7 Å². The quantitative estimate of drug-likeness (QED) is 0.654. The summed E-state index contributed by atoms with van der Waals surface area (Å²) >= 11 is 6.22. The molecule has 2 amide bonds. The lowest BCUT2D eigenvalue weighted by Crippen LogP contribution is -2.44. The fourth-order valence-electron chi connectivity index (χ4n) is 2.71. The molecule has 0 aliphatic carbocycles. The number of rotatable bonds is 7. The highest BCUT2D eigenvalue weighted by Gasteiger charge is 2.27. The number of ether oxygens (including phenoxy) is 2. The molecule has 170 valence electrons. The van der Waals surface area contributed by atoms with Crippen LogP contribution in [0.4, 0.5) is 15.3 Å². The molecule has 1 rings (SSSR count). The van der Waals surface area contributed by atoms with Gasteiger partial charge in [-0.05, 0) is 79.1 Å². The number of nitrogens with two attached hydrogens (primary N) is 1. The van der Waals surface area contributed by atoms with Crippen molar-refractivity contribution >= 4 is 29.5 Å². The number of anilines is 1. The number of carbonyl (C=O) groups is 2. The molecule has 8 heteroatoms. The Morgan fingerprint density at radius 3 is 2.07 bits per heavy atom. The molecule has 30 heavy (non-hydrogen) atoms. The minimum atomic E-state index is -0.669. The van der Waals surface area contributed by atoms with Crippen molar-refractivity contribution in [2.75, 3.05) is 31.1 Å². The van der Waals surface area contributed by atoms with Gasteiger partial charge in [0.25, 0.3) is 0 Å². The molecule has 0 aromatic heterocycles. The summed E-state index contributed by atoms with van der Waals surface area (Å²) in [4.78, 5) is 28.6. The number of hydrogen-bond acceptors (Lipinski definition) is 5. The topological polar surface area (TPSA) is 85.1 Å². The minimum absolute atomic E-state index is 0.222. The zero-order valence-corrected chi connectivity index (χ0v) is 20.0. The second-order valence-corrected chi connectivity index (χ2v) is 9.44. The highest BCUT2D eigenvalue weighted by Crippen LogP contribution is 2.27. The molecule has 0 saturated heterocycles. The van der Waals surface area contributed by atoms with E-state index >= 15 is 0 Å². The molecule has 0 unspecified atom stereocenters. The fourth-order valence-corrected chi connectivity index (χ4v) is 2.87. The van der Waals surface area contributed by atoms with Gasteiger partial charge in [-0.15, -0.1) is 0 Å². The van der Waals surface area contributed by atoms with E-state index in [0.29, 0.717) is 30.2 Å². The highest BCUT2D eigenvalue weighted by molar-refractivity contribution is 6.31. The third-order valence-electron chi connectivity index (χ3n) is 3.99. The van der Waals surface area contributed by atoms with E-state index in [0.717, 1.165) is 5.56 Å². The van der Waals surface area contributed by atoms with Crippen LogP contribution >= 0.6 is 11.6 Å². The summed E-state index contributed by atoms with van der Waals surface area (Å²) < 4.78 is 11.1. The van der Waals surface area contributed by atoms with Gasteiger partial charge in [-0.2, -0.15) is 0 Å². The number of amides is 2. The van der Waals surface area contributed by atoms with Gasteiger partial charge in [0.15, 0.2) is 0 Å². The van der Waals surface area contributed by atoms with Crippen LogP contribution < -0.4 is 10.6 Å². The predicted molar refractivity (Wildman–Crippen MR) is 121 cm³/mol. The molecule has 0 atom stereocenters. The maximum Gasteiger partial charge on any atom is 0.414 e. The number of hydrogen-bond donors (Lipinski definition) is 1. The monoisotopic (exact) mass is 441 g/mol. The lowest BCUT2D eigenvalue weighted by molar-refractivity contribution is 0.0258. The van der Waals surface area contributed by atoms with Crippen LogP contribution in [0.25, 0.3) is 0 Å². The van der Waals surface area contributed by atoms with Crippen LogP contribution in [-0.4, -0.2) is 54.5 Å². The Morgan fingerprint density at radius 2 is 1.57 bits per heavy atom. The lowest BCUT2D eigenvalue weighted by atomic mass is 10.1. The summed E-state index contributed by atoms with van der Waals surface area (Å²) in [5.41, 5.74) is 5.99. The summed E-state index contributed by atoms with van der Waals surface area (Å²) in [7, 11) is 0. The zero-order valence-electron chi connectivity index (χ0n) is 19.3. The number of benzene rings is 1. The van der Waals surface area contributed by atoms with E-state index < -0.39 is 23.4 Å². The van der Waals surface area contributed by atoms with Gasteiger partial charge in [0.2, 0.25) is 0 Å². The van der Waals surface area contributed by atoms with Gasteiger partial charge in [0, 0.05) is 24.7 Å². The van der Waals surface area contributed by atoms with Gasteiger partial charge in [0.1, 0.15) is 11.2 Å². The van der Waals surface area contributed by atoms with Gasteiger partial charge in [0.05, 0.1) is 5.69 Å². The van der Waals surface area contributed by atoms with E-state index in [1.807, 2.05) is 33.8 Å². The summed E-state index contributed by atoms with van der Waals surface area (Å²) in [5, 5.41) is 0.499. The summed E-state index contributed by atoms with van der Waals surface area (Å²) in [6, 6.07) is 5.34. The number of nitrogens with zero attached hydrogens (tertiary/aromatic N) is 2. The standard InChI is InChI=1S/C22H36ClN3O4/c1-8-25(19(27)29-21(2,3)4)13-14-26(20(28)30-22(5,6)7)18-15-17(23)10-9-16(18)11-12-24/h9-10,15H,8,11-14,24H2,1-7H3. The van der Waals surface area contributed by atoms with E-state index in [-0.39, 0.29) is 13.1 Å². The molecule has 0 radical (unpaired) electrons. The minimum Gasteiger partial charge on any atom is -0.444 e. The molecular formula is C22H36ClN3O4. The van der Waals surface area contributed by atoms with Crippen molar-refractivity contribution in [3.05, 3.63) is 28.8 Å². The average molecular weight is 442 g/mol. The SMILES string of the molecule is CCN(CCN(C(=O)OC(C)(C)C)c1cc(Cl)ccc1CCN)C(=O)OC(C)(C)C. The van der Waals surface area contributed by atoms with Gasteiger partial charge in [-0.3, -0.25) is 4.90 Å². The highest BCUT2D eigenvalue weighted by atomic mass is 35.5.